The fourth-order valence-electron chi connectivity index (χ4n) is 3.52. The average Bonchev–Trinajstić information content (AvgIpc) is 3.38. The van der Waals surface area contributed by atoms with Crippen LogP contribution in [-0.2, 0) is 4.79 Å². The molecule has 1 aliphatic rings. The number of halogens is 2. The van der Waals surface area contributed by atoms with E-state index < -0.39 is 0 Å². The fourth-order valence-corrected chi connectivity index (χ4v) is 5.05. The number of benzene rings is 1. The summed E-state index contributed by atoms with van der Waals surface area (Å²) in [4.78, 5) is 12.5. The molecule has 0 unspecified atom stereocenters. The van der Waals surface area contributed by atoms with Gasteiger partial charge in [-0.3, -0.25) is 9.36 Å². The number of carbonyl (C=O) groups is 1. The molecule has 0 radical (unpaired) electrons. The first-order valence-electron chi connectivity index (χ1n) is 9.48. The molecular weight excluding hydrogens is 476 g/mol. The molecule has 1 aromatic carbocycles. The zero-order valence-corrected chi connectivity index (χ0v) is 18.8. The van der Waals surface area contributed by atoms with Crippen LogP contribution in [-0.4, -0.2) is 26.4 Å². The summed E-state index contributed by atoms with van der Waals surface area (Å²) < 4.78 is 8.56. The number of rotatable bonds is 6. The first-order valence-corrected chi connectivity index (χ1v) is 11.6. The number of hydrogen-bond donors (Lipinski definition) is 1. The normalized spacial score (nSPS) is 14.8. The number of furan rings is 1. The lowest BCUT2D eigenvalue weighted by molar-refractivity contribution is -0.113. The predicted octanol–water partition coefficient (Wildman–Crippen LogP) is 6.19. The molecule has 29 heavy (non-hydrogen) atoms. The first-order chi connectivity index (χ1) is 14.1. The van der Waals surface area contributed by atoms with Crippen molar-refractivity contribution in [3.8, 4) is 11.6 Å². The van der Waals surface area contributed by atoms with Crippen LogP contribution >= 0.6 is 39.3 Å². The molecule has 9 heteroatoms. The van der Waals surface area contributed by atoms with Crippen LogP contribution in [0.4, 0.5) is 5.69 Å². The van der Waals surface area contributed by atoms with Crippen LogP contribution in [0.15, 0.2) is 50.6 Å². The topological polar surface area (TPSA) is 73.0 Å². The van der Waals surface area contributed by atoms with E-state index in [0.717, 1.165) is 28.3 Å². The summed E-state index contributed by atoms with van der Waals surface area (Å²) >= 11 is 10.9. The summed E-state index contributed by atoms with van der Waals surface area (Å²) in [6.45, 7) is 0. The molecular formula is C20H20BrClN4O2S. The smallest absolute Gasteiger partial charge is 0.234 e. The highest BCUT2D eigenvalue weighted by atomic mass is 79.9. The Morgan fingerprint density at radius 1 is 1.28 bits per heavy atom. The Bertz CT molecular complexity index is 987. The minimum atomic E-state index is -0.142. The van der Waals surface area contributed by atoms with Gasteiger partial charge in [-0.05, 0) is 43.2 Å². The molecule has 0 atom stereocenters. The van der Waals surface area contributed by atoms with Gasteiger partial charge in [0.15, 0.2) is 10.9 Å². The van der Waals surface area contributed by atoms with E-state index in [-0.39, 0.29) is 11.7 Å². The van der Waals surface area contributed by atoms with Crippen LogP contribution in [0.2, 0.25) is 5.02 Å². The highest BCUT2D eigenvalue weighted by molar-refractivity contribution is 9.10. The Morgan fingerprint density at radius 2 is 2.10 bits per heavy atom. The fraction of sp³-hybridized carbons (Fsp3) is 0.350. The zero-order valence-electron chi connectivity index (χ0n) is 15.6. The largest absolute Gasteiger partial charge is 0.461 e. The lowest BCUT2D eigenvalue weighted by Crippen LogP contribution is -2.17. The van der Waals surface area contributed by atoms with E-state index in [1.165, 1.54) is 31.0 Å². The Kier molecular flexibility index (Phi) is 6.62. The van der Waals surface area contributed by atoms with Crippen LogP contribution < -0.4 is 5.32 Å². The van der Waals surface area contributed by atoms with Gasteiger partial charge in [0.1, 0.15) is 0 Å². The Hall–Kier alpha value is -1.77. The van der Waals surface area contributed by atoms with E-state index >= 15 is 0 Å². The molecule has 2 aromatic heterocycles. The Morgan fingerprint density at radius 3 is 2.83 bits per heavy atom. The van der Waals surface area contributed by atoms with Crippen molar-refractivity contribution in [2.45, 2.75) is 43.3 Å². The van der Waals surface area contributed by atoms with Crippen LogP contribution in [0, 0.1) is 0 Å². The standard InChI is InChI=1S/C20H20BrClN4O2S/c21-13-8-9-16(15(22)11-13)23-18(27)12-29-20-25-24-19(17-7-4-10-28-17)26(20)14-5-2-1-3-6-14/h4,7-11,14H,1-3,5-6,12H2,(H,23,27). The number of anilines is 1. The van der Waals surface area contributed by atoms with Gasteiger partial charge in [-0.1, -0.05) is 58.6 Å². The van der Waals surface area contributed by atoms with Gasteiger partial charge < -0.3 is 9.73 Å². The van der Waals surface area contributed by atoms with Gasteiger partial charge in [0.2, 0.25) is 11.7 Å². The summed E-state index contributed by atoms with van der Waals surface area (Å²) in [5, 5.41) is 12.8. The van der Waals surface area contributed by atoms with Crippen molar-refractivity contribution in [1.82, 2.24) is 14.8 Å². The molecule has 1 amide bonds. The number of hydrogen-bond acceptors (Lipinski definition) is 5. The molecule has 152 valence electrons. The first kappa shape index (κ1) is 20.5. The number of nitrogens with one attached hydrogen (secondary N) is 1. The molecule has 0 aliphatic heterocycles. The SMILES string of the molecule is O=C(CSc1nnc(-c2ccco2)n1C1CCCCC1)Nc1ccc(Br)cc1Cl. The third-order valence-electron chi connectivity index (χ3n) is 4.88. The lowest BCUT2D eigenvalue weighted by Gasteiger charge is -2.25. The Balaban J connectivity index is 1.50. The van der Waals surface area contributed by atoms with E-state index in [2.05, 4.69) is 36.0 Å². The van der Waals surface area contributed by atoms with Gasteiger partial charge in [0, 0.05) is 10.5 Å². The molecule has 0 spiro atoms. The van der Waals surface area contributed by atoms with Crippen molar-refractivity contribution < 1.29 is 9.21 Å². The predicted molar refractivity (Wildman–Crippen MR) is 118 cm³/mol. The maximum Gasteiger partial charge on any atom is 0.234 e. The summed E-state index contributed by atoms with van der Waals surface area (Å²) in [5.41, 5.74) is 0.588. The third kappa shape index (κ3) is 4.87. The van der Waals surface area contributed by atoms with Gasteiger partial charge in [0.25, 0.3) is 0 Å². The van der Waals surface area contributed by atoms with Crippen molar-refractivity contribution in [1.29, 1.82) is 0 Å². The quantitative estimate of drug-likeness (QED) is 0.413. The van der Waals surface area contributed by atoms with E-state index in [1.807, 2.05) is 18.2 Å². The molecule has 1 fully saturated rings. The maximum absolute atomic E-state index is 12.5. The van der Waals surface area contributed by atoms with Gasteiger partial charge >= 0.3 is 0 Å². The van der Waals surface area contributed by atoms with Crippen LogP contribution in [0.1, 0.15) is 38.1 Å². The molecule has 3 aromatic rings. The van der Waals surface area contributed by atoms with E-state index in [1.54, 1.807) is 18.4 Å². The van der Waals surface area contributed by atoms with Crippen molar-refractivity contribution in [3.63, 3.8) is 0 Å². The molecule has 1 saturated carbocycles. The van der Waals surface area contributed by atoms with E-state index in [9.17, 15) is 4.79 Å². The molecule has 0 saturated heterocycles. The van der Waals surface area contributed by atoms with E-state index in [0.29, 0.717) is 22.5 Å². The summed E-state index contributed by atoms with van der Waals surface area (Å²) in [6.07, 6.45) is 7.44. The van der Waals surface area contributed by atoms with Crippen LogP contribution in [0.3, 0.4) is 0 Å². The maximum atomic E-state index is 12.5. The molecule has 1 aliphatic carbocycles. The highest BCUT2D eigenvalue weighted by Crippen LogP contribution is 2.35. The Labute approximate surface area is 186 Å². The second-order valence-electron chi connectivity index (χ2n) is 6.91. The van der Waals surface area contributed by atoms with Gasteiger partial charge in [-0.15, -0.1) is 10.2 Å². The molecule has 4 rings (SSSR count). The second-order valence-corrected chi connectivity index (χ2v) is 9.17. The number of nitrogens with zero attached hydrogens (tertiary/aromatic N) is 3. The van der Waals surface area contributed by atoms with Crippen molar-refractivity contribution in [2.75, 3.05) is 11.1 Å². The van der Waals surface area contributed by atoms with Gasteiger partial charge in [0.05, 0.1) is 22.7 Å². The average molecular weight is 496 g/mol. The monoisotopic (exact) mass is 494 g/mol. The zero-order chi connectivity index (χ0) is 20.2. The molecule has 0 bridgehead atoms. The van der Waals surface area contributed by atoms with Gasteiger partial charge in [-0.25, -0.2) is 0 Å². The minimum Gasteiger partial charge on any atom is -0.461 e. The number of carbonyl (C=O) groups excluding carboxylic acids is 1. The number of amides is 1. The van der Waals surface area contributed by atoms with E-state index in [4.69, 9.17) is 16.0 Å². The minimum absolute atomic E-state index is 0.142. The summed E-state index contributed by atoms with van der Waals surface area (Å²) in [7, 11) is 0. The highest BCUT2D eigenvalue weighted by Gasteiger charge is 2.25. The summed E-state index contributed by atoms with van der Waals surface area (Å²) in [6, 6.07) is 9.42. The van der Waals surface area contributed by atoms with Crippen molar-refractivity contribution in [3.05, 3.63) is 46.1 Å². The van der Waals surface area contributed by atoms with Gasteiger partial charge in [-0.2, -0.15) is 0 Å². The molecule has 1 N–H and O–H groups in total. The van der Waals surface area contributed by atoms with Crippen LogP contribution in [0.5, 0.6) is 0 Å². The van der Waals surface area contributed by atoms with Crippen molar-refractivity contribution in [2.24, 2.45) is 0 Å². The molecule has 6 nitrogen and oxygen atoms in total. The molecule has 2 heterocycles. The number of aromatic nitrogens is 3. The van der Waals surface area contributed by atoms with Crippen LogP contribution in [0.25, 0.3) is 11.6 Å². The number of thioether (sulfide) groups is 1. The second kappa shape index (κ2) is 9.36. The lowest BCUT2D eigenvalue weighted by atomic mass is 9.95. The summed E-state index contributed by atoms with van der Waals surface area (Å²) in [5.74, 6) is 1.49. The van der Waals surface area contributed by atoms with Crippen molar-refractivity contribution >= 4 is 50.9 Å². The third-order valence-corrected chi connectivity index (χ3v) is 6.63.